The van der Waals surface area contributed by atoms with E-state index in [-0.39, 0.29) is 24.4 Å². The van der Waals surface area contributed by atoms with Gasteiger partial charge in [0, 0.05) is 39.3 Å². The van der Waals surface area contributed by atoms with Gasteiger partial charge in [0.2, 0.25) is 0 Å². The van der Waals surface area contributed by atoms with Crippen LogP contribution < -0.4 is 0 Å². The molecule has 0 N–H and O–H groups in total. The van der Waals surface area contributed by atoms with Gasteiger partial charge in [-0.05, 0) is 25.7 Å². The monoisotopic (exact) mass is 440 g/mol. The lowest BCUT2D eigenvalue weighted by Gasteiger charge is -2.34. The van der Waals surface area contributed by atoms with Crippen LogP contribution in [0, 0.1) is 0 Å². The van der Waals surface area contributed by atoms with Gasteiger partial charge >= 0.3 is 0 Å². The third-order valence-electron chi connectivity index (χ3n) is 7.35. The Hall–Kier alpha value is -0.280. The second-order valence-electron chi connectivity index (χ2n) is 9.50. The van der Waals surface area contributed by atoms with Gasteiger partial charge in [-0.25, -0.2) is 0 Å². The first kappa shape index (κ1) is 23.9. The van der Waals surface area contributed by atoms with Gasteiger partial charge in [-0.3, -0.25) is 9.80 Å². The second-order valence-corrected chi connectivity index (χ2v) is 9.50. The number of ether oxygens (including phenoxy) is 5. The maximum absolute atomic E-state index is 6.35. The number of hydrogen-bond acceptors (Lipinski definition) is 7. The summed E-state index contributed by atoms with van der Waals surface area (Å²) in [5, 5.41) is 0. The zero-order chi connectivity index (χ0) is 21.1. The molecular weight excluding hydrogens is 396 g/mol. The zero-order valence-electron chi connectivity index (χ0n) is 19.4. The minimum absolute atomic E-state index is 0.242. The average molecular weight is 441 g/mol. The van der Waals surface area contributed by atoms with Gasteiger partial charge in [0.05, 0.1) is 64.1 Å². The van der Waals surface area contributed by atoms with E-state index in [0.29, 0.717) is 0 Å². The van der Waals surface area contributed by atoms with Crippen molar-refractivity contribution in [3.63, 3.8) is 0 Å². The number of rotatable bonds is 0. The van der Waals surface area contributed by atoms with Crippen LogP contribution in [0.1, 0.15) is 51.4 Å². The molecule has 2 saturated heterocycles. The minimum Gasteiger partial charge on any atom is -0.379 e. The molecule has 7 heteroatoms. The van der Waals surface area contributed by atoms with E-state index in [1.54, 1.807) is 0 Å². The highest BCUT2D eigenvalue weighted by molar-refractivity contribution is 4.79. The summed E-state index contributed by atoms with van der Waals surface area (Å²) in [6.07, 6.45) is 10.5. The first-order valence-corrected chi connectivity index (χ1v) is 12.9. The quantitative estimate of drug-likeness (QED) is 0.536. The Balaban J connectivity index is 1.42. The van der Waals surface area contributed by atoms with Crippen LogP contribution in [0.5, 0.6) is 0 Å². The van der Waals surface area contributed by atoms with E-state index in [4.69, 9.17) is 23.7 Å². The third kappa shape index (κ3) is 7.91. The molecule has 31 heavy (non-hydrogen) atoms. The van der Waals surface area contributed by atoms with Gasteiger partial charge < -0.3 is 23.7 Å². The van der Waals surface area contributed by atoms with Crippen molar-refractivity contribution in [3.8, 4) is 0 Å². The van der Waals surface area contributed by atoms with Crippen molar-refractivity contribution in [2.45, 2.75) is 75.8 Å². The Morgan fingerprint density at radius 3 is 1.00 bits per heavy atom. The van der Waals surface area contributed by atoms with Gasteiger partial charge in [0.25, 0.3) is 0 Å². The fraction of sp³-hybridized carbons (Fsp3) is 1.00. The molecule has 0 aromatic rings. The molecule has 2 heterocycles. The van der Waals surface area contributed by atoms with Crippen LogP contribution in [-0.4, -0.2) is 113 Å². The summed E-state index contributed by atoms with van der Waals surface area (Å²) in [5.74, 6) is 0. The van der Waals surface area contributed by atoms with Crippen LogP contribution in [0.3, 0.4) is 0 Å². The summed E-state index contributed by atoms with van der Waals surface area (Å²) in [7, 11) is 0. The van der Waals surface area contributed by atoms with E-state index in [9.17, 15) is 0 Å². The van der Waals surface area contributed by atoms with Crippen LogP contribution >= 0.6 is 0 Å². The normalized spacial score (nSPS) is 40.3. The largest absolute Gasteiger partial charge is 0.379 e. The van der Waals surface area contributed by atoms with Gasteiger partial charge in [-0.15, -0.1) is 0 Å². The fourth-order valence-corrected chi connectivity index (χ4v) is 5.38. The van der Waals surface area contributed by atoms with Crippen molar-refractivity contribution in [1.29, 1.82) is 0 Å². The Bertz CT molecular complexity index is 419. The second kappa shape index (κ2) is 13.4. The van der Waals surface area contributed by atoms with E-state index in [1.165, 1.54) is 25.7 Å². The number of nitrogens with zero attached hydrogens (tertiary/aromatic N) is 2. The highest BCUT2D eigenvalue weighted by atomic mass is 16.5. The molecular formula is C24H44N2O5. The molecule has 2 saturated carbocycles. The molecule has 0 radical (unpaired) electrons. The number of hydrogen-bond donors (Lipinski definition) is 0. The van der Waals surface area contributed by atoms with Gasteiger partial charge in [-0.1, -0.05) is 25.7 Å². The van der Waals surface area contributed by atoms with Crippen molar-refractivity contribution in [1.82, 2.24) is 9.80 Å². The van der Waals surface area contributed by atoms with E-state index in [0.717, 1.165) is 105 Å². The summed E-state index contributed by atoms with van der Waals surface area (Å²) in [6, 6.07) is 0. The molecule has 4 fully saturated rings. The Kier molecular flexibility index (Phi) is 10.3. The van der Waals surface area contributed by atoms with Crippen LogP contribution in [0.2, 0.25) is 0 Å². The highest BCUT2D eigenvalue weighted by Crippen LogP contribution is 2.25. The molecule has 0 amide bonds. The van der Waals surface area contributed by atoms with E-state index in [1.807, 2.05) is 0 Å². The van der Waals surface area contributed by atoms with E-state index >= 15 is 0 Å². The van der Waals surface area contributed by atoms with Crippen molar-refractivity contribution in [3.05, 3.63) is 0 Å². The standard InChI is InChI=1S/C24H44N2O5/c1-2-6-22-21(5-1)28-17-11-25-9-15-27-16-10-26(12-18-29-22)14-20-31-24-8-4-3-7-23(24)30-19-13-25/h21-24H,1-20H2. The molecule has 4 atom stereocenters. The molecule has 180 valence electrons. The molecule has 2 aliphatic heterocycles. The van der Waals surface area contributed by atoms with Crippen molar-refractivity contribution < 1.29 is 23.7 Å². The molecule has 0 aromatic carbocycles. The smallest absolute Gasteiger partial charge is 0.0837 e. The summed E-state index contributed by atoms with van der Waals surface area (Å²) in [4.78, 5) is 4.88. The lowest BCUT2D eigenvalue weighted by Crippen LogP contribution is -2.42. The zero-order valence-corrected chi connectivity index (χ0v) is 19.4. The minimum atomic E-state index is 0.242. The molecule has 0 aromatic heterocycles. The van der Waals surface area contributed by atoms with Gasteiger partial charge in [0.1, 0.15) is 0 Å². The molecule has 0 spiro atoms. The number of fused-ring (bicyclic) bond motifs is 8. The molecule has 2 aliphatic carbocycles. The first-order valence-electron chi connectivity index (χ1n) is 12.9. The summed E-state index contributed by atoms with van der Waals surface area (Å²) in [6.45, 7) is 10.1. The SMILES string of the molecule is C1CCC2OCCN3CCOCCN(CCOC2C1)CCOC1CCCCC1OCC3. The molecule has 7 nitrogen and oxygen atoms in total. The van der Waals surface area contributed by atoms with Gasteiger partial charge in [-0.2, -0.15) is 0 Å². The predicted molar refractivity (Wildman–Crippen MR) is 120 cm³/mol. The molecule has 2 bridgehead atoms. The Labute approximate surface area is 188 Å². The highest BCUT2D eigenvalue weighted by Gasteiger charge is 2.29. The Morgan fingerprint density at radius 1 is 0.387 bits per heavy atom. The van der Waals surface area contributed by atoms with Crippen molar-refractivity contribution >= 4 is 0 Å². The average Bonchev–Trinajstić information content (AvgIpc) is 2.80. The van der Waals surface area contributed by atoms with Gasteiger partial charge in [0.15, 0.2) is 0 Å². The van der Waals surface area contributed by atoms with Crippen molar-refractivity contribution in [2.24, 2.45) is 0 Å². The van der Waals surface area contributed by atoms with Crippen LogP contribution in [0.4, 0.5) is 0 Å². The van der Waals surface area contributed by atoms with Crippen LogP contribution in [0.15, 0.2) is 0 Å². The summed E-state index contributed by atoms with van der Waals surface area (Å²) in [5.41, 5.74) is 0. The van der Waals surface area contributed by atoms with Crippen LogP contribution in [0.25, 0.3) is 0 Å². The lowest BCUT2D eigenvalue weighted by atomic mass is 9.94. The maximum Gasteiger partial charge on any atom is 0.0837 e. The third-order valence-corrected chi connectivity index (χ3v) is 7.35. The lowest BCUT2D eigenvalue weighted by molar-refractivity contribution is -0.109. The van der Waals surface area contributed by atoms with E-state index < -0.39 is 0 Å². The topological polar surface area (TPSA) is 52.6 Å². The first-order chi connectivity index (χ1) is 15.4. The predicted octanol–water partition coefficient (Wildman–Crippen LogP) is 2.32. The summed E-state index contributed by atoms with van der Waals surface area (Å²) >= 11 is 0. The molecule has 4 aliphatic rings. The van der Waals surface area contributed by atoms with Crippen molar-refractivity contribution in [2.75, 3.05) is 78.9 Å². The fourth-order valence-electron chi connectivity index (χ4n) is 5.38. The Morgan fingerprint density at radius 2 is 0.677 bits per heavy atom. The maximum atomic E-state index is 6.35. The molecule has 4 unspecified atom stereocenters. The van der Waals surface area contributed by atoms with Crippen LogP contribution in [-0.2, 0) is 23.7 Å². The summed E-state index contributed by atoms with van der Waals surface area (Å²) < 4.78 is 31.4. The molecule has 4 rings (SSSR count). The van der Waals surface area contributed by atoms with E-state index in [2.05, 4.69) is 9.80 Å².